The summed E-state index contributed by atoms with van der Waals surface area (Å²) in [6.07, 6.45) is 5.98. The van der Waals surface area contributed by atoms with Crippen molar-refractivity contribution in [3.63, 3.8) is 0 Å². The molecule has 2 aromatic heterocycles. The number of carbonyl (C=O) groups is 3. The lowest BCUT2D eigenvalue weighted by molar-refractivity contribution is -0.119. The quantitative estimate of drug-likeness (QED) is 0.381. The van der Waals surface area contributed by atoms with Gasteiger partial charge in [-0.25, -0.2) is 9.97 Å². The molecule has 8 nitrogen and oxygen atoms in total. The highest BCUT2D eigenvalue weighted by Crippen LogP contribution is 2.32. The number of carbonyl (C=O) groups excluding carboxylic acids is 3. The minimum absolute atomic E-state index is 0.328. The number of nitrogens with zero attached hydrogens (tertiary/aromatic N) is 5. The van der Waals surface area contributed by atoms with Gasteiger partial charge < -0.3 is 4.57 Å². The van der Waals surface area contributed by atoms with Crippen molar-refractivity contribution in [3.05, 3.63) is 77.4 Å². The number of aryl methyl sites for hydroxylation is 3. The molecule has 0 bridgehead atoms. The summed E-state index contributed by atoms with van der Waals surface area (Å²) >= 11 is 1.44. The second-order valence-corrected chi connectivity index (χ2v) is 9.38. The van der Waals surface area contributed by atoms with Crippen molar-refractivity contribution in [1.29, 1.82) is 0 Å². The number of anilines is 1. The predicted octanol–water partition coefficient (Wildman–Crippen LogP) is 3.83. The van der Waals surface area contributed by atoms with Crippen LogP contribution in [0.2, 0.25) is 0 Å². The lowest BCUT2D eigenvalue weighted by Crippen LogP contribution is -2.43. The number of imide groups is 1. The van der Waals surface area contributed by atoms with Crippen LogP contribution >= 0.6 is 11.3 Å². The molecule has 0 saturated heterocycles. The molecule has 9 heteroatoms. The summed E-state index contributed by atoms with van der Waals surface area (Å²) < 4.78 is 2.94. The van der Waals surface area contributed by atoms with Crippen LogP contribution in [0.1, 0.15) is 38.3 Å². The Hall–Kier alpha value is -3.85. The van der Waals surface area contributed by atoms with E-state index in [0.29, 0.717) is 35.8 Å². The Morgan fingerprint density at radius 1 is 1.09 bits per heavy atom. The highest BCUT2D eigenvalue weighted by molar-refractivity contribution is 7.22. The van der Waals surface area contributed by atoms with Gasteiger partial charge in [0.15, 0.2) is 5.13 Å². The van der Waals surface area contributed by atoms with E-state index in [1.807, 2.05) is 24.6 Å². The number of fused-ring (bicyclic) bond motifs is 2. The van der Waals surface area contributed by atoms with E-state index >= 15 is 0 Å². The zero-order valence-electron chi connectivity index (χ0n) is 18.9. The Labute approximate surface area is 200 Å². The Kier molecular flexibility index (Phi) is 5.70. The molecule has 0 atom stereocenters. The average Bonchev–Trinajstić information content (AvgIpc) is 3.53. The first kappa shape index (κ1) is 22.0. The van der Waals surface area contributed by atoms with Gasteiger partial charge in [0, 0.05) is 25.5 Å². The van der Waals surface area contributed by atoms with Crippen LogP contribution in [0.5, 0.6) is 0 Å². The predicted molar refractivity (Wildman–Crippen MR) is 130 cm³/mol. The topological polar surface area (TPSA) is 88.4 Å². The van der Waals surface area contributed by atoms with E-state index in [1.54, 1.807) is 41.7 Å². The number of hydrogen-bond acceptors (Lipinski definition) is 6. The zero-order chi connectivity index (χ0) is 23.8. The maximum atomic E-state index is 13.5. The zero-order valence-corrected chi connectivity index (χ0v) is 19.7. The first-order chi connectivity index (χ1) is 16.4. The van der Waals surface area contributed by atoms with Crippen LogP contribution in [0.15, 0.2) is 55.1 Å². The number of thiazole rings is 1. The van der Waals surface area contributed by atoms with Crippen molar-refractivity contribution in [2.45, 2.75) is 26.8 Å². The summed E-state index contributed by atoms with van der Waals surface area (Å²) in [5.74, 6) is -1.22. The molecule has 0 spiro atoms. The van der Waals surface area contributed by atoms with E-state index in [4.69, 9.17) is 4.98 Å². The lowest BCUT2D eigenvalue weighted by atomic mass is 10.1. The second kappa shape index (κ2) is 8.83. The molecule has 0 N–H and O–H groups in total. The Morgan fingerprint density at radius 2 is 1.82 bits per heavy atom. The van der Waals surface area contributed by atoms with E-state index in [-0.39, 0.29) is 12.5 Å². The summed E-state index contributed by atoms with van der Waals surface area (Å²) in [5, 5.41) is 0.566. The molecule has 1 aliphatic heterocycles. The molecule has 1 aliphatic rings. The molecular formula is C25H23N5O3S. The van der Waals surface area contributed by atoms with E-state index in [1.165, 1.54) is 11.3 Å². The third kappa shape index (κ3) is 3.99. The van der Waals surface area contributed by atoms with Crippen LogP contribution in [-0.4, -0.2) is 50.2 Å². The lowest BCUT2D eigenvalue weighted by Gasteiger charge is -2.22. The van der Waals surface area contributed by atoms with Crippen LogP contribution < -0.4 is 4.90 Å². The molecule has 0 radical (unpaired) electrons. The standard InChI is InChI=1S/C25H23N5O3S/c1-16-12-17(2)22-20(13-16)34-25(27-22)29(10-5-9-28-11-8-26-15-28)21(31)14-30-23(32)18-6-3-4-7-19(18)24(30)33/h3-4,6-8,11-13,15H,5,9-10,14H2,1-2H3. The highest BCUT2D eigenvalue weighted by Gasteiger charge is 2.37. The van der Waals surface area contributed by atoms with Gasteiger partial charge in [0.2, 0.25) is 5.91 Å². The van der Waals surface area contributed by atoms with Crippen molar-refractivity contribution in [2.24, 2.45) is 0 Å². The highest BCUT2D eigenvalue weighted by atomic mass is 32.1. The first-order valence-electron chi connectivity index (χ1n) is 11.0. The fraction of sp³-hybridized carbons (Fsp3) is 0.240. The Balaban J connectivity index is 1.42. The number of amides is 3. The summed E-state index contributed by atoms with van der Waals surface area (Å²) in [7, 11) is 0. The maximum absolute atomic E-state index is 13.5. The van der Waals surface area contributed by atoms with Crippen LogP contribution in [0.25, 0.3) is 10.2 Å². The molecule has 2 aromatic carbocycles. The number of benzene rings is 2. The molecule has 5 rings (SSSR count). The molecule has 172 valence electrons. The smallest absolute Gasteiger partial charge is 0.262 e. The second-order valence-electron chi connectivity index (χ2n) is 8.37. The number of rotatable bonds is 7. The van der Waals surface area contributed by atoms with Gasteiger partial charge in [-0.2, -0.15) is 0 Å². The molecule has 3 heterocycles. The minimum atomic E-state index is -0.442. The molecule has 0 saturated carbocycles. The average molecular weight is 474 g/mol. The molecule has 0 aliphatic carbocycles. The number of imidazole rings is 1. The Morgan fingerprint density at radius 3 is 2.50 bits per heavy atom. The SMILES string of the molecule is Cc1cc(C)c2nc(N(CCCn3ccnc3)C(=O)CN3C(=O)c4ccccc4C3=O)sc2c1. The third-order valence-electron chi connectivity index (χ3n) is 5.88. The summed E-state index contributed by atoms with van der Waals surface area (Å²) in [6, 6.07) is 10.8. The summed E-state index contributed by atoms with van der Waals surface area (Å²) in [4.78, 5) is 50.5. The van der Waals surface area contributed by atoms with Crippen molar-refractivity contribution in [3.8, 4) is 0 Å². The van der Waals surface area contributed by atoms with Crippen molar-refractivity contribution in [2.75, 3.05) is 18.0 Å². The molecule has 4 aromatic rings. The Bertz CT molecular complexity index is 1370. The van der Waals surface area contributed by atoms with E-state index in [2.05, 4.69) is 17.1 Å². The fourth-order valence-electron chi connectivity index (χ4n) is 4.24. The monoisotopic (exact) mass is 473 g/mol. The van der Waals surface area contributed by atoms with Crippen molar-refractivity contribution >= 4 is 44.4 Å². The molecule has 3 amide bonds. The van der Waals surface area contributed by atoms with Crippen molar-refractivity contribution < 1.29 is 14.4 Å². The molecule has 0 fully saturated rings. The van der Waals surface area contributed by atoms with E-state index in [0.717, 1.165) is 26.2 Å². The number of hydrogen-bond donors (Lipinski definition) is 0. The van der Waals surface area contributed by atoms with Gasteiger partial charge in [-0.15, -0.1) is 0 Å². The molecule has 0 unspecified atom stereocenters. The molecule has 34 heavy (non-hydrogen) atoms. The van der Waals surface area contributed by atoms with Gasteiger partial charge >= 0.3 is 0 Å². The van der Waals surface area contributed by atoms with Gasteiger partial charge in [0.05, 0.1) is 27.7 Å². The van der Waals surface area contributed by atoms with Gasteiger partial charge in [-0.1, -0.05) is 29.5 Å². The molecular weight excluding hydrogens is 450 g/mol. The van der Waals surface area contributed by atoms with Crippen LogP contribution in [0.3, 0.4) is 0 Å². The van der Waals surface area contributed by atoms with E-state index < -0.39 is 11.8 Å². The third-order valence-corrected chi connectivity index (χ3v) is 6.90. The minimum Gasteiger partial charge on any atom is -0.337 e. The van der Waals surface area contributed by atoms with Gasteiger partial charge in [0.25, 0.3) is 11.8 Å². The fourth-order valence-corrected chi connectivity index (χ4v) is 5.42. The van der Waals surface area contributed by atoms with Gasteiger partial charge in [-0.05, 0) is 49.6 Å². The number of aromatic nitrogens is 3. The van der Waals surface area contributed by atoms with Gasteiger partial charge in [0.1, 0.15) is 6.54 Å². The van der Waals surface area contributed by atoms with E-state index in [9.17, 15) is 14.4 Å². The van der Waals surface area contributed by atoms with Crippen LogP contribution in [0.4, 0.5) is 5.13 Å². The normalized spacial score (nSPS) is 13.1. The van der Waals surface area contributed by atoms with Gasteiger partial charge in [-0.3, -0.25) is 24.2 Å². The summed E-state index contributed by atoms with van der Waals surface area (Å²) in [5.41, 5.74) is 3.70. The summed E-state index contributed by atoms with van der Waals surface area (Å²) in [6.45, 7) is 4.79. The first-order valence-corrected chi connectivity index (χ1v) is 11.8. The van der Waals surface area contributed by atoms with Crippen LogP contribution in [-0.2, 0) is 11.3 Å². The van der Waals surface area contributed by atoms with Crippen molar-refractivity contribution in [1.82, 2.24) is 19.4 Å². The largest absolute Gasteiger partial charge is 0.337 e. The van der Waals surface area contributed by atoms with Crippen LogP contribution in [0, 0.1) is 13.8 Å². The maximum Gasteiger partial charge on any atom is 0.262 e.